The first-order chi connectivity index (χ1) is 10.2. The van der Waals surface area contributed by atoms with Gasteiger partial charge in [-0.2, -0.15) is 0 Å². The molecule has 21 heavy (non-hydrogen) atoms. The zero-order valence-corrected chi connectivity index (χ0v) is 12.6. The number of rotatable bonds is 1. The Balaban J connectivity index is 1.86. The van der Waals surface area contributed by atoms with Crippen molar-refractivity contribution >= 4 is 38.4 Å². The molecule has 2 aromatic carbocycles. The zero-order valence-electron chi connectivity index (χ0n) is 11.0. The minimum Gasteiger partial charge on any atom is -0.494 e. The fourth-order valence-corrected chi connectivity index (χ4v) is 3.00. The van der Waals surface area contributed by atoms with Crippen LogP contribution in [0.25, 0.3) is 10.9 Å². The van der Waals surface area contributed by atoms with Gasteiger partial charge in [-0.3, -0.25) is 4.99 Å². The lowest BCUT2D eigenvalue weighted by molar-refractivity contribution is 0.457. The molecule has 0 bridgehead atoms. The third-order valence-corrected chi connectivity index (χ3v) is 4.15. The van der Waals surface area contributed by atoms with E-state index in [-0.39, 0.29) is 5.88 Å². The highest BCUT2D eigenvalue weighted by Crippen LogP contribution is 2.32. The highest BCUT2D eigenvalue weighted by molar-refractivity contribution is 9.10. The largest absolute Gasteiger partial charge is 0.494 e. The Bertz CT molecular complexity index is 882. The molecule has 1 aromatic heterocycles. The van der Waals surface area contributed by atoms with Crippen molar-refractivity contribution in [3.05, 3.63) is 58.1 Å². The van der Waals surface area contributed by atoms with Crippen LogP contribution in [0.4, 0.5) is 5.69 Å². The summed E-state index contributed by atoms with van der Waals surface area (Å²) >= 11 is 3.47. The normalized spacial score (nSPS) is 13.7. The van der Waals surface area contributed by atoms with Crippen molar-refractivity contribution in [1.82, 2.24) is 4.98 Å². The van der Waals surface area contributed by atoms with E-state index in [1.807, 2.05) is 42.5 Å². The first kappa shape index (κ1) is 12.5. The Kier molecular flexibility index (Phi) is 2.75. The number of amidine groups is 1. The van der Waals surface area contributed by atoms with Gasteiger partial charge in [0, 0.05) is 21.1 Å². The molecule has 0 saturated carbocycles. The molecule has 3 N–H and O–H groups in total. The lowest BCUT2D eigenvalue weighted by Crippen LogP contribution is -2.18. The number of anilines is 1. The van der Waals surface area contributed by atoms with Gasteiger partial charge in [0.25, 0.3) is 0 Å². The maximum atomic E-state index is 10.2. The number of aromatic amines is 1. The average Bonchev–Trinajstić information content (AvgIpc) is 2.82. The Hall–Kier alpha value is -2.27. The molecule has 1 aliphatic rings. The van der Waals surface area contributed by atoms with Gasteiger partial charge in [-0.05, 0) is 29.8 Å². The minimum atomic E-state index is 0.133. The monoisotopic (exact) mass is 341 g/mol. The molecule has 4 rings (SSSR count). The molecule has 0 amide bonds. The summed E-state index contributed by atoms with van der Waals surface area (Å²) in [5.41, 5.74) is 3.78. The number of aromatic nitrogens is 1. The van der Waals surface area contributed by atoms with E-state index in [2.05, 4.69) is 31.2 Å². The molecule has 0 radical (unpaired) electrons. The van der Waals surface area contributed by atoms with Gasteiger partial charge < -0.3 is 15.4 Å². The van der Waals surface area contributed by atoms with Gasteiger partial charge in [-0.15, -0.1) is 0 Å². The lowest BCUT2D eigenvalue weighted by Gasteiger charge is -2.18. The molecule has 0 unspecified atom stereocenters. The van der Waals surface area contributed by atoms with Crippen LogP contribution in [-0.2, 0) is 6.54 Å². The number of hydrogen-bond acceptors (Lipinski definition) is 3. The molecule has 3 aromatic rings. The fourth-order valence-electron chi connectivity index (χ4n) is 2.64. The maximum Gasteiger partial charge on any atom is 0.200 e. The molecule has 104 valence electrons. The number of H-pyrrole nitrogens is 1. The van der Waals surface area contributed by atoms with E-state index in [1.54, 1.807) is 0 Å². The van der Waals surface area contributed by atoms with Crippen molar-refractivity contribution in [3.8, 4) is 5.88 Å². The molecule has 1 aliphatic heterocycles. The Morgan fingerprint density at radius 3 is 2.90 bits per heavy atom. The summed E-state index contributed by atoms with van der Waals surface area (Å²) < 4.78 is 0.965. The number of benzene rings is 2. The van der Waals surface area contributed by atoms with Crippen molar-refractivity contribution in [1.29, 1.82) is 0 Å². The number of aliphatic imine (C=N–C) groups is 1. The van der Waals surface area contributed by atoms with Crippen LogP contribution < -0.4 is 5.32 Å². The van der Waals surface area contributed by atoms with E-state index in [0.717, 1.165) is 26.6 Å². The number of para-hydroxylation sites is 1. The molecule has 4 nitrogen and oxygen atoms in total. The van der Waals surface area contributed by atoms with Crippen LogP contribution in [0.15, 0.2) is 51.9 Å². The van der Waals surface area contributed by atoms with E-state index < -0.39 is 0 Å². The van der Waals surface area contributed by atoms with Crippen molar-refractivity contribution in [2.45, 2.75) is 6.54 Å². The van der Waals surface area contributed by atoms with Crippen LogP contribution in [0, 0.1) is 0 Å². The topological polar surface area (TPSA) is 60.4 Å². The van der Waals surface area contributed by atoms with Gasteiger partial charge >= 0.3 is 0 Å². The summed E-state index contributed by atoms with van der Waals surface area (Å²) in [6.45, 7) is 0.610. The highest BCUT2D eigenvalue weighted by atomic mass is 79.9. The first-order valence-electron chi connectivity index (χ1n) is 6.62. The summed E-state index contributed by atoms with van der Waals surface area (Å²) in [7, 11) is 0. The van der Waals surface area contributed by atoms with Gasteiger partial charge in [-0.25, -0.2) is 0 Å². The molecule has 0 aliphatic carbocycles. The molecular weight excluding hydrogens is 330 g/mol. The number of nitrogens with one attached hydrogen (secondary N) is 2. The molecule has 5 heteroatoms. The predicted octanol–water partition coefficient (Wildman–Crippen LogP) is 4.01. The van der Waals surface area contributed by atoms with Crippen LogP contribution in [-0.4, -0.2) is 15.9 Å². The summed E-state index contributed by atoms with van der Waals surface area (Å²) in [4.78, 5) is 7.55. The molecule has 0 atom stereocenters. The van der Waals surface area contributed by atoms with Gasteiger partial charge in [0.15, 0.2) is 0 Å². The second kappa shape index (κ2) is 4.63. The Labute approximate surface area is 129 Å². The van der Waals surface area contributed by atoms with Gasteiger partial charge in [0.05, 0.1) is 12.1 Å². The van der Waals surface area contributed by atoms with Crippen molar-refractivity contribution in [3.63, 3.8) is 0 Å². The quantitative estimate of drug-likeness (QED) is 0.626. The standard InChI is InChI=1S/C16H12BrN3O/c17-10-5-6-13-11(7-10)14(16(21)20-13)15-18-8-9-3-1-2-4-12(9)19-15/h1-7,20-21H,8H2,(H,18,19). The van der Waals surface area contributed by atoms with Crippen LogP contribution in [0.3, 0.4) is 0 Å². The third-order valence-electron chi connectivity index (χ3n) is 3.66. The third kappa shape index (κ3) is 2.01. The maximum absolute atomic E-state index is 10.2. The Morgan fingerprint density at radius 2 is 2.00 bits per heavy atom. The zero-order chi connectivity index (χ0) is 14.4. The van der Waals surface area contributed by atoms with Crippen molar-refractivity contribution < 1.29 is 5.11 Å². The predicted molar refractivity (Wildman–Crippen MR) is 88.0 cm³/mol. The van der Waals surface area contributed by atoms with Gasteiger partial charge in [0.2, 0.25) is 5.88 Å². The summed E-state index contributed by atoms with van der Waals surface area (Å²) in [6, 6.07) is 13.9. The van der Waals surface area contributed by atoms with E-state index in [4.69, 9.17) is 0 Å². The van der Waals surface area contributed by atoms with E-state index >= 15 is 0 Å². The van der Waals surface area contributed by atoms with Crippen LogP contribution >= 0.6 is 15.9 Å². The average molecular weight is 342 g/mol. The van der Waals surface area contributed by atoms with Crippen LogP contribution in [0.1, 0.15) is 11.1 Å². The van der Waals surface area contributed by atoms with Gasteiger partial charge in [0.1, 0.15) is 5.84 Å². The van der Waals surface area contributed by atoms with E-state index in [9.17, 15) is 5.11 Å². The number of fused-ring (bicyclic) bond motifs is 2. The van der Waals surface area contributed by atoms with Gasteiger partial charge in [-0.1, -0.05) is 34.1 Å². The summed E-state index contributed by atoms with van der Waals surface area (Å²) in [5, 5.41) is 14.5. The Morgan fingerprint density at radius 1 is 1.14 bits per heavy atom. The molecular formula is C16H12BrN3O. The number of hydrogen-bond donors (Lipinski definition) is 3. The van der Waals surface area contributed by atoms with Crippen LogP contribution in [0.2, 0.25) is 0 Å². The highest BCUT2D eigenvalue weighted by Gasteiger charge is 2.20. The summed E-state index contributed by atoms with van der Waals surface area (Å²) in [6.07, 6.45) is 0. The molecule has 0 spiro atoms. The minimum absolute atomic E-state index is 0.133. The van der Waals surface area contributed by atoms with Crippen molar-refractivity contribution in [2.24, 2.45) is 4.99 Å². The lowest BCUT2D eigenvalue weighted by atomic mass is 10.1. The molecule has 2 heterocycles. The molecule has 0 fully saturated rings. The first-order valence-corrected chi connectivity index (χ1v) is 7.41. The van der Waals surface area contributed by atoms with E-state index in [0.29, 0.717) is 17.9 Å². The second-order valence-corrected chi connectivity index (χ2v) is 5.90. The molecule has 0 saturated heterocycles. The summed E-state index contributed by atoms with van der Waals surface area (Å²) in [5.74, 6) is 0.823. The SMILES string of the molecule is Oc1[nH]c2ccc(Br)cc2c1C1=NCc2ccccc2N1. The van der Waals surface area contributed by atoms with E-state index in [1.165, 1.54) is 0 Å². The smallest absolute Gasteiger partial charge is 0.200 e. The fraction of sp³-hybridized carbons (Fsp3) is 0.0625. The number of halogens is 1. The number of aromatic hydroxyl groups is 1. The van der Waals surface area contributed by atoms with Crippen molar-refractivity contribution in [2.75, 3.05) is 5.32 Å². The second-order valence-electron chi connectivity index (χ2n) is 4.99. The van der Waals surface area contributed by atoms with Crippen LogP contribution in [0.5, 0.6) is 5.88 Å². The number of nitrogens with zero attached hydrogens (tertiary/aromatic N) is 1.